The van der Waals surface area contributed by atoms with Crippen LogP contribution < -0.4 is 0 Å². The lowest BCUT2D eigenvalue weighted by molar-refractivity contribution is -0.144. The SMILES string of the molecule is COC(=O)O[C@H]1CC(C)=C2C(=O)C=C(C)[C@@H]2[C@H]2OC(=O)[C@@H](C)[C@@H]21. The van der Waals surface area contributed by atoms with E-state index in [0.717, 1.165) is 11.1 Å². The number of carbonyl (C=O) groups is 3. The van der Waals surface area contributed by atoms with E-state index < -0.39 is 24.3 Å². The smallest absolute Gasteiger partial charge is 0.461 e. The summed E-state index contributed by atoms with van der Waals surface area (Å²) >= 11 is 0. The first-order valence-corrected chi connectivity index (χ1v) is 7.72. The molecule has 2 aliphatic carbocycles. The third-order valence-electron chi connectivity index (χ3n) is 5.15. The van der Waals surface area contributed by atoms with Gasteiger partial charge in [-0.05, 0) is 19.9 Å². The molecule has 6 nitrogen and oxygen atoms in total. The quantitative estimate of drug-likeness (QED) is 0.689. The third kappa shape index (κ3) is 2.36. The first-order chi connectivity index (χ1) is 10.8. The van der Waals surface area contributed by atoms with Crippen LogP contribution in [0.1, 0.15) is 27.2 Å². The summed E-state index contributed by atoms with van der Waals surface area (Å²) < 4.78 is 15.6. The second-order valence-corrected chi connectivity index (χ2v) is 6.51. The van der Waals surface area contributed by atoms with Gasteiger partial charge in [0.25, 0.3) is 0 Å². The van der Waals surface area contributed by atoms with Crippen LogP contribution in [0, 0.1) is 17.8 Å². The lowest BCUT2D eigenvalue weighted by Crippen LogP contribution is -2.37. The molecule has 0 aromatic heterocycles. The number of hydrogen-bond donors (Lipinski definition) is 0. The second-order valence-electron chi connectivity index (χ2n) is 6.51. The number of fused-ring (bicyclic) bond motifs is 3. The zero-order valence-electron chi connectivity index (χ0n) is 13.6. The molecule has 1 aliphatic heterocycles. The molecule has 0 aromatic carbocycles. The zero-order chi connectivity index (χ0) is 16.9. The van der Waals surface area contributed by atoms with E-state index in [9.17, 15) is 14.4 Å². The predicted molar refractivity (Wildman–Crippen MR) is 79.4 cm³/mol. The number of rotatable bonds is 1. The summed E-state index contributed by atoms with van der Waals surface area (Å²) in [6.45, 7) is 5.52. The van der Waals surface area contributed by atoms with Gasteiger partial charge in [0, 0.05) is 23.8 Å². The van der Waals surface area contributed by atoms with Crippen LogP contribution in [0.2, 0.25) is 0 Å². The Labute approximate surface area is 134 Å². The molecule has 6 heteroatoms. The fourth-order valence-electron chi connectivity index (χ4n) is 4.08. The van der Waals surface area contributed by atoms with Gasteiger partial charge in [-0.15, -0.1) is 0 Å². The molecule has 3 aliphatic rings. The van der Waals surface area contributed by atoms with Gasteiger partial charge in [0.1, 0.15) is 12.2 Å². The second kappa shape index (κ2) is 5.51. The Hall–Kier alpha value is -2.11. The summed E-state index contributed by atoms with van der Waals surface area (Å²) in [6.07, 6.45) is 0.188. The van der Waals surface area contributed by atoms with Crippen molar-refractivity contribution in [3.05, 3.63) is 22.8 Å². The Morgan fingerprint density at radius 3 is 2.65 bits per heavy atom. The molecule has 23 heavy (non-hydrogen) atoms. The summed E-state index contributed by atoms with van der Waals surface area (Å²) in [6, 6.07) is 0. The monoisotopic (exact) mass is 320 g/mol. The van der Waals surface area contributed by atoms with Gasteiger partial charge in [0.2, 0.25) is 0 Å². The van der Waals surface area contributed by atoms with Crippen molar-refractivity contribution >= 4 is 17.9 Å². The van der Waals surface area contributed by atoms with Crippen LogP contribution in [0.4, 0.5) is 4.79 Å². The summed E-state index contributed by atoms with van der Waals surface area (Å²) in [7, 11) is 1.24. The Morgan fingerprint density at radius 1 is 1.30 bits per heavy atom. The van der Waals surface area contributed by atoms with E-state index in [1.54, 1.807) is 13.0 Å². The highest BCUT2D eigenvalue weighted by molar-refractivity contribution is 6.09. The van der Waals surface area contributed by atoms with Crippen LogP contribution in [-0.2, 0) is 23.8 Å². The Kier molecular flexibility index (Phi) is 3.78. The fourth-order valence-corrected chi connectivity index (χ4v) is 4.08. The van der Waals surface area contributed by atoms with E-state index >= 15 is 0 Å². The summed E-state index contributed by atoms with van der Waals surface area (Å²) in [4.78, 5) is 36.0. The topological polar surface area (TPSA) is 78.9 Å². The third-order valence-corrected chi connectivity index (χ3v) is 5.15. The standard InChI is InChI=1S/C17H20O6/c1-7-5-10(18)12-8(2)6-11(22-17(20)21-4)14-9(3)16(19)23-15(14)13(7)12/h5,9,11,13-15H,6H2,1-4H3/t9-,11-,13-,14+,15+/m0/s1. The average Bonchev–Trinajstić information content (AvgIpc) is 2.89. The maximum absolute atomic E-state index is 12.3. The molecule has 0 unspecified atom stereocenters. The van der Waals surface area contributed by atoms with Crippen LogP contribution in [0.15, 0.2) is 22.8 Å². The van der Waals surface area contributed by atoms with Crippen molar-refractivity contribution in [1.29, 1.82) is 0 Å². The zero-order valence-corrected chi connectivity index (χ0v) is 13.6. The number of ketones is 1. The van der Waals surface area contributed by atoms with Crippen LogP contribution in [0.3, 0.4) is 0 Å². The normalized spacial score (nSPS) is 36.0. The van der Waals surface area contributed by atoms with E-state index in [1.807, 2.05) is 13.8 Å². The van der Waals surface area contributed by atoms with Gasteiger partial charge < -0.3 is 14.2 Å². The van der Waals surface area contributed by atoms with Gasteiger partial charge in [0.15, 0.2) is 5.78 Å². The maximum Gasteiger partial charge on any atom is 0.508 e. The summed E-state index contributed by atoms with van der Waals surface area (Å²) in [5.41, 5.74) is 2.44. The number of allylic oxidation sites excluding steroid dienone is 1. The Balaban J connectivity index is 2.05. The van der Waals surface area contributed by atoms with Crippen molar-refractivity contribution < 1.29 is 28.6 Å². The molecule has 5 atom stereocenters. The van der Waals surface area contributed by atoms with Crippen molar-refractivity contribution in [2.24, 2.45) is 17.8 Å². The predicted octanol–water partition coefficient (Wildman–Crippen LogP) is 2.18. The lowest BCUT2D eigenvalue weighted by atomic mass is 9.79. The number of esters is 1. The summed E-state index contributed by atoms with van der Waals surface area (Å²) in [5.74, 6) is -1.30. The first kappa shape index (κ1) is 15.8. The fraction of sp³-hybridized carbons (Fsp3) is 0.588. The number of ether oxygens (including phenoxy) is 3. The van der Waals surface area contributed by atoms with Crippen molar-refractivity contribution in [3.8, 4) is 0 Å². The van der Waals surface area contributed by atoms with Gasteiger partial charge in [-0.1, -0.05) is 18.1 Å². The summed E-state index contributed by atoms with van der Waals surface area (Å²) in [5, 5.41) is 0. The van der Waals surface area contributed by atoms with Crippen LogP contribution in [-0.4, -0.2) is 37.2 Å². The molecule has 1 heterocycles. The highest BCUT2D eigenvalue weighted by Gasteiger charge is 2.55. The van der Waals surface area contributed by atoms with Crippen molar-refractivity contribution in [1.82, 2.24) is 0 Å². The molecule has 0 bridgehead atoms. The van der Waals surface area contributed by atoms with E-state index in [1.165, 1.54) is 7.11 Å². The van der Waals surface area contributed by atoms with Gasteiger partial charge in [0.05, 0.1) is 13.0 Å². The highest BCUT2D eigenvalue weighted by Crippen LogP contribution is 2.48. The van der Waals surface area contributed by atoms with E-state index in [-0.39, 0.29) is 23.6 Å². The number of hydrogen-bond acceptors (Lipinski definition) is 6. The maximum atomic E-state index is 12.3. The highest BCUT2D eigenvalue weighted by atomic mass is 16.7. The lowest BCUT2D eigenvalue weighted by Gasteiger charge is -2.28. The number of carbonyl (C=O) groups excluding carboxylic acids is 3. The van der Waals surface area contributed by atoms with Gasteiger partial charge in [-0.3, -0.25) is 9.59 Å². The van der Waals surface area contributed by atoms with Crippen molar-refractivity contribution in [2.75, 3.05) is 7.11 Å². The van der Waals surface area contributed by atoms with E-state index in [2.05, 4.69) is 4.74 Å². The van der Waals surface area contributed by atoms with E-state index in [4.69, 9.17) is 9.47 Å². The largest absolute Gasteiger partial charge is 0.508 e. The molecule has 0 radical (unpaired) electrons. The van der Waals surface area contributed by atoms with Crippen LogP contribution >= 0.6 is 0 Å². The Bertz CT molecular complexity index is 643. The van der Waals surface area contributed by atoms with E-state index in [0.29, 0.717) is 12.0 Å². The molecule has 0 saturated carbocycles. The first-order valence-electron chi connectivity index (χ1n) is 7.72. The molecule has 1 fully saturated rings. The number of methoxy groups -OCH3 is 1. The molecule has 0 aromatic rings. The van der Waals surface area contributed by atoms with Crippen molar-refractivity contribution in [2.45, 2.75) is 39.4 Å². The molecule has 0 spiro atoms. The molecule has 3 rings (SSSR count). The minimum absolute atomic E-state index is 0.0435. The molecule has 0 amide bonds. The molecule has 1 saturated heterocycles. The van der Waals surface area contributed by atoms with Gasteiger partial charge >= 0.3 is 12.1 Å². The molecule has 0 N–H and O–H groups in total. The van der Waals surface area contributed by atoms with Crippen LogP contribution in [0.25, 0.3) is 0 Å². The molecular formula is C17H20O6. The molecule has 124 valence electrons. The van der Waals surface area contributed by atoms with Gasteiger partial charge in [-0.2, -0.15) is 0 Å². The van der Waals surface area contributed by atoms with Gasteiger partial charge in [-0.25, -0.2) is 4.79 Å². The average molecular weight is 320 g/mol. The van der Waals surface area contributed by atoms with Crippen molar-refractivity contribution in [3.63, 3.8) is 0 Å². The Morgan fingerprint density at radius 2 is 2.00 bits per heavy atom. The van der Waals surface area contributed by atoms with Crippen LogP contribution in [0.5, 0.6) is 0 Å². The minimum atomic E-state index is -0.788. The minimum Gasteiger partial charge on any atom is -0.461 e. The molecular weight excluding hydrogens is 300 g/mol.